The van der Waals surface area contributed by atoms with Gasteiger partial charge in [-0.15, -0.1) is 0 Å². The number of piperazine rings is 1. The van der Waals surface area contributed by atoms with Crippen LogP contribution in [0.3, 0.4) is 0 Å². The molecule has 8 heteroatoms. The Morgan fingerprint density at radius 3 is 2.76 bits per heavy atom. The van der Waals surface area contributed by atoms with Crippen LogP contribution in [-0.2, 0) is 0 Å². The Kier molecular flexibility index (Phi) is 4.19. The average molecular weight is 339 g/mol. The summed E-state index contributed by atoms with van der Waals surface area (Å²) < 4.78 is 5.70. The molecule has 1 aliphatic rings. The number of nitrogens with zero attached hydrogens (tertiary/aromatic N) is 5. The van der Waals surface area contributed by atoms with Gasteiger partial charge in [-0.3, -0.25) is 5.10 Å². The molecule has 4 rings (SSSR count). The van der Waals surface area contributed by atoms with Crippen LogP contribution < -0.4 is 15.0 Å². The predicted molar refractivity (Wildman–Crippen MR) is 95.8 cm³/mol. The molecule has 4 heterocycles. The molecule has 0 bridgehead atoms. The van der Waals surface area contributed by atoms with Gasteiger partial charge in [-0.25, -0.2) is 15.0 Å². The molecule has 3 aromatic heterocycles. The lowest BCUT2D eigenvalue weighted by Crippen LogP contribution is -2.43. The fraction of sp³-hybridized carbons (Fsp3) is 0.412. The van der Waals surface area contributed by atoms with E-state index in [-0.39, 0.29) is 6.10 Å². The highest BCUT2D eigenvalue weighted by atomic mass is 16.5. The molecule has 2 N–H and O–H groups in total. The monoisotopic (exact) mass is 339 g/mol. The van der Waals surface area contributed by atoms with Gasteiger partial charge in [-0.05, 0) is 13.8 Å². The molecule has 130 valence electrons. The van der Waals surface area contributed by atoms with Crippen molar-refractivity contribution >= 4 is 16.7 Å². The molecule has 25 heavy (non-hydrogen) atoms. The molecule has 0 radical (unpaired) electrons. The molecule has 0 saturated carbocycles. The lowest BCUT2D eigenvalue weighted by Gasteiger charge is -2.28. The second-order valence-electron chi connectivity index (χ2n) is 6.31. The Hall–Kier alpha value is -2.74. The van der Waals surface area contributed by atoms with E-state index in [1.807, 2.05) is 26.0 Å². The Labute approximate surface area is 145 Å². The van der Waals surface area contributed by atoms with E-state index in [9.17, 15) is 0 Å². The van der Waals surface area contributed by atoms with Gasteiger partial charge in [0, 0.05) is 43.7 Å². The largest absolute Gasteiger partial charge is 0.475 e. The number of ether oxygens (including phenoxy) is 1. The van der Waals surface area contributed by atoms with Gasteiger partial charge in [0.15, 0.2) is 0 Å². The number of fused-ring (bicyclic) bond motifs is 1. The maximum absolute atomic E-state index is 5.70. The zero-order valence-corrected chi connectivity index (χ0v) is 14.4. The Morgan fingerprint density at radius 2 is 1.96 bits per heavy atom. The number of aromatic amines is 1. The van der Waals surface area contributed by atoms with E-state index in [4.69, 9.17) is 4.74 Å². The minimum absolute atomic E-state index is 0.0682. The SMILES string of the molecule is CC(C)Oc1cc2c(-c3cc(N4CCNCC4)ncn3)n[nH]c2cn1. The van der Waals surface area contributed by atoms with Crippen molar-refractivity contribution in [1.29, 1.82) is 0 Å². The van der Waals surface area contributed by atoms with Gasteiger partial charge in [0.1, 0.15) is 17.8 Å². The summed E-state index contributed by atoms with van der Waals surface area (Å²) in [5.74, 6) is 1.51. The zero-order chi connectivity index (χ0) is 17.2. The van der Waals surface area contributed by atoms with Crippen LogP contribution in [0.2, 0.25) is 0 Å². The van der Waals surface area contributed by atoms with Crippen molar-refractivity contribution in [3.63, 3.8) is 0 Å². The third-order valence-electron chi connectivity index (χ3n) is 4.11. The molecule has 0 atom stereocenters. The third-order valence-corrected chi connectivity index (χ3v) is 4.11. The summed E-state index contributed by atoms with van der Waals surface area (Å²) in [6.45, 7) is 7.76. The predicted octanol–water partition coefficient (Wildman–Crippen LogP) is 1.61. The summed E-state index contributed by atoms with van der Waals surface area (Å²) in [5.41, 5.74) is 2.43. The van der Waals surface area contributed by atoms with Crippen LogP contribution in [0.1, 0.15) is 13.8 Å². The van der Waals surface area contributed by atoms with Crippen molar-refractivity contribution in [2.24, 2.45) is 0 Å². The molecule has 3 aromatic rings. The van der Waals surface area contributed by atoms with E-state index >= 15 is 0 Å². The lowest BCUT2D eigenvalue weighted by molar-refractivity contribution is 0.233. The molecule has 1 aliphatic heterocycles. The number of hydrogen-bond acceptors (Lipinski definition) is 7. The average Bonchev–Trinajstić information content (AvgIpc) is 3.05. The second-order valence-corrected chi connectivity index (χ2v) is 6.31. The molecule has 8 nitrogen and oxygen atoms in total. The van der Waals surface area contributed by atoms with Crippen LogP contribution in [0.25, 0.3) is 22.3 Å². The van der Waals surface area contributed by atoms with E-state index in [1.165, 1.54) is 0 Å². The van der Waals surface area contributed by atoms with Crippen LogP contribution >= 0.6 is 0 Å². The van der Waals surface area contributed by atoms with Crippen LogP contribution in [0, 0.1) is 0 Å². The summed E-state index contributed by atoms with van der Waals surface area (Å²) in [5, 5.41) is 11.7. The van der Waals surface area contributed by atoms with Gasteiger partial charge in [0.25, 0.3) is 0 Å². The van der Waals surface area contributed by atoms with E-state index in [2.05, 4.69) is 35.4 Å². The van der Waals surface area contributed by atoms with Gasteiger partial charge >= 0.3 is 0 Å². The number of nitrogens with one attached hydrogen (secondary N) is 2. The quantitative estimate of drug-likeness (QED) is 0.746. The number of anilines is 1. The summed E-state index contributed by atoms with van der Waals surface area (Å²) >= 11 is 0. The van der Waals surface area contributed by atoms with Crippen LogP contribution in [-0.4, -0.2) is 57.4 Å². The van der Waals surface area contributed by atoms with Gasteiger partial charge in [0.05, 0.1) is 23.5 Å². The molecule has 0 spiro atoms. The van der Waals surface area contributed by atoms with Crippen LogP contribution in [0.15, 0.2) is 24.7 Å². The number of aromatic nitrogens is 5. The molecule has 1 saturated heterocycles. The molecular formula is C17H21N7O. The molecule has 0 unspecified atom stereocenters. The summed E-state index contributed by atoms with van der Waals surface area (Å²) in [6, 6.07) is 3.89. The molecule has 0 aromatic carbocycles. The van der Waals surface area contributed by atoms with Gasteiger partial charge < -0.3 is 15.0 Å². The van der Waals surface area contributed by atoms with E-state index < -0.39 is 0 Å². The fourth-order valence-corrected chi connectivity index (χ4v) is 2.94. The van der Waals surface area contributed by atoms with Crippen molar-refractivity contribution in [3.8, 4) is 17.3 Å². The standard InChI is InChI=1S/C17H21N7O/c1-11(2)25-16-7-12-14(9-19-16)22-23-17(12)13-8-15(21-10-20-13)24-5-3-18-4-6-24/h7-11,18H,3-6H2,1-2H3,(H,22,23). The molecule has 0 amide bonds. The van der Waals surface area contributed by atoms with Crippen LogP contribution in [0.4, 0.5) is 5.82 Å². The first-order valence-corrected chi connectivity index (χ1v) is 8.49. The highest BCUT2D eigenvalue weighted by Gasteiger charge is 2.16. The van der Waals surface area contributed by atoms with Gasteiger partial charge in [0.2, 0.25) is 5.88 Å². The maximum atomic E-state index is 5.70. The minimum Gasteiger partial charge on any atom is -0.475 e. The van der Waals surface area contributed by atoms with E-state index in [0.717, 1.165) is 54.3 Å². The number of rotatable bonds is 4. The first-order chi connectivity index (χ1) is 12.2. The van der Waals surface area contributed by atoms with Crippen molar-refractivity contribution in [2.75, 3.05) is 31.1 Å². The molecular weight excluding hydrogens is 318 g/mol. The summed E-state index contributed by atoms with van der Waals surface area (Å²) in [7, 11) is 0. The molecule has 1 fully saturated rings. The first-order valence-electron chi connectivity index (χ1n) is 8.49. The number of hydrogen-bond donors (Lipinski definition) is 2. The normalized spacial score (nSPS) is 15.1. The second kappa shape index (κ2) is 6.64. The van der Waals surface area contributed by atoms with Crippen molar-refractivity contribution in [2.45, 2.75) is 20.0 Å². The minimum atomic E-state index is 0.0682. The summed E-state index contributed by atoms with van der Waals surface area (Å²) in [6.07, 6.45) is 3.40. The Morgan fingerprint density at radius 1 is 1.12 bits per heavy atom. The summed E-state index contributed by atoms with van der Waals surface area (Å²) in [4.78, 5) is 15.4. The Bertz CT molecular complexity index is 870. The van der Waals surface area contributed by atoms with Gasteiger partial charge in [-0.1, -0.05) is 0 Å². The maximum Gasteiger partial charge on any atom is 0.214 e. The topological polar surface area (TPSA) is 91.9 Å². The number of H-pyrrole nitrogens is 1. The lowest BCUT2D eigenvalue weighted by atomic mass is 10.2. The Balaban J connectivity index is 1.71. The van der Waals surface area contributed by atoms with E-state index in [0.29, 0.717) is 5.88 Å². The smallest absolute Gasteiger partial charge is 0.214 e. The fourth-order valence-electron chi connectivity index (χ4n) is 2.94. The van der Waals surface area contributed by atoms with Crippen molar-refractivity contribution in [3.05, 3.63) is 24.7 Å². The third kappa shape index (κ3) is 3.25. The molecule has 0 aliphatic carbocycles. The zero-order valence-electron chi connectivity index (χ0n) is 14.4. The highest BCUT2D eigenvalue weighted by Crippen LogP contribution is 2.28. The van der Waals surface area contributed by atoms with Crippen molar-refractivity contribution in [1.82, 2.24) is 30.5 Å². The first kappa shape index (κ1) is 15.8. The number of pyridine rings is 1. The highest BCUT2D eigenvalue weighted by molar-refractivity contribution is 5.92. The van der Waals surface area contributed by atoms with Crippen molar-refractivity contribution < 1.29 is 4.74 Å². The van der Waals surface area contributed by atoms with Crippen LogP contribution in [0.5, 0.6) is 5.88 Å². The van der Waals surface area contributed by atoms with E-state index in [1.54, 1.807) is 12.5 Å². The van der Waals surface area contributed by atoms with Gasteiger partial charge in [-0.2, -0.15) is 5.10 Å².